The topological polar surface area (TPSA) is 97.9 Å². The van der Waals surface area contributed by atoms with Crippen LogP contribution in [0, 0.1) is 30.4 Å². The molecular weight excluding hydrogens is 588 g/mol. The van der Waals surface area contributed by atoms with E-state index in [1.807, 2.05) is 31.3 Å². The summed E-state index contributed by atoms with van der Waals surface area (Å²) in [4.78, 5) is 37.5. The molecule has 2 aromatic carbocycles. The number of benzene rings is 2. The molecule has 1 N–H and O–H groups in total. The predicted molar refractivity (Wildman–Crippen MR) is 164 cm³/mol. The Morgan fingerprint density at radius 1 is 1.14 bits per heavy atom. The number of aryl methyl sites for hydroxylation is 1. The van der Waals surface area contributed by atoms with Crippen molar-refractivity contribution in [2.75, 3.05) is 26.7 Å². The van der Waals surface area contributed by atoms with Gasteiger partial charge >= 0.3 is 0 Å². The number of rotatable bonds is 5. The smallest absolute Gasteiger partial charge is 0.280 e. The van der Waals surface area contributed by atoms with Crippen molar-refractivity contribution in [2.45, 2.75) is 32.4 Å². The number of carbonyl (C=O) groups is 1. The number of aromatic nitrogens is 5. The van der Waals surface area contributed by atoms with Crippen LogP contribution >= 0.6 is 11.6 Å². The first kappa shape index (κ1) is 29.4. The Balaban J connectivity index is 1.21. The standard InChI is InChI=1S/C32H28ClF2N7O2/c1-19-38-28-16-37-27-10-8-20(13-23(27)30(28)42(19)22-6-4-12-40(2)18-22)5-3-11-36-31(43)24-15-29(33)39-41(32(24)44)17-21-7-9-25(34)26(35)14-21/h7-10,13-16,22H,4,6,11-12,17-18H2,1-2H3,(H,36,43)/t22-/m0/s1. The van der Waals surface area contributed by atoms with Gasteiger partial charge in [0.25, 0.3) is 11.5 Å². The molecule has 12 heteroatoms. The summed E-state index contributed by atoms with van der Waals surface area (Å²) in [7, 11) is 2.14. The van der Waals surface area contributed by atoms with Gasteiger partial charge in [-0.1, -0.05) is 29.5 Å². The highest BCUT2D eigenvalue weighted by Crippen LogP contribution is 2.31. The minimum absolute atomic E-state index is 0.0344. The van der Waals surface area contributed by atoms with Gasteiger partial charge in [-0.2, -0.15) is 5.10 Å². The van der Waals surface area contributed by atoms with Crippen LogP contribution in [-0.2, 0) is 6.54 Å². The van der Waals surface area contributed by atoms with Crippen molar-refractivity contribution in [3.63, 3.8) is 0 Å². The van der Waals surface area contributed by atoms with Crippen LogP contribution in [0.1, 0.15) is 46.2 Å². The van der Waals surface area contributed by atoms with E-state index in [9.17, 15) is 18.4 Å². The monoisotopic (exact) mass is 615 g/mol. The maximum absolute atomic E-state index is 13.6. The van der Waals surface area contributed by atoms with E-state index in [0.717, 1.165) is 82.1 Å². The first-order valence-corrected chi connectivity index (χ1v) is 14.5. The molecule has 44 heavy (non-hydrogen) atoms. The molecule has 0 spiro atoms. The van der Waals surface area contributed by atoms with Gasteiger partial charge in [0.15, 0.2) is 16.8 Å². The van der Waals surface area contributed by atoms with Crippen molar-refractivity contribution in [1.82, 2.24) is 34.5 Å². The molecule has 4 heterocycles. The van der Waals surface area contributed by atoms with Crippen molar-refractivity contribution in [3.8, 4) is 11.8 Å². The number of hydrogen-bond acceptors (Lipinski definition) is 6. The summed E-state index contributed by atoms with van der Waals surface area (Å²) in [5, 5.41) is 7.39. The molecule has 0 bridgehead atoms. The van der Waals surface area contributed by atoms with Gasteiger partial charge in [-0.15, -0.1) is 0 Å². The number of amides is 1. The fourth-order valence-electron chi connectivity index (χ4n) is 5.72. The summed E-state index contributed by atoms with van der Waals surface area (Å²) >= 11 is 6.06. The molecule has 224 valence electrons. The van der Waals surface area contributed by atoms with Crippen LogP contribution in [0.2, 0.25) is 5.15 Å². The zero-order valence-electron chi connectivity index (χ0n) is 24.1. The number of halogens is 3. The van der Waals surface area contributed by atoms with Gasteiger partial charge in [-0.25, -0.2) is 18.4 Å². The number of carbonyl (C=O) groups excluding carboxylic acids is 1. The number of hydrogen-bond donors (Lipinski definition) is 1. The number of likely N-dealkylation sites (N-methyl/N-ethyl adjacent to an activating group) is 1. The Bertz CT molecular complexity index is 2050. The largest absolute Gasteiger partial charge is 0.341 e. The van der Waals surface area contributed by atoms with E-state index in [4.69, 9.17) is 16.6 Å². The minimum Gasteiger partial charge on any atom is -0.341 e. The summed E-state index contributed by atoms with van der Waals surface area (Å²) in [5.41, 5.74) is 2.78. The zero-order chi connectivity index (χ0) is 31.0. The van der Waals surface area contributed by atoms with Crippen LogP contribution in [0.4, 0.5) is 8.78 Å². The lowest BCUT2D eigenvalue weighted by Gasteiger charge is -2.31. The molecule has 1 fully saturated rings. The Kier molecular flexibility index (Phi) is 8.12. The molecule has 0 saturated carbocycles. The molecule has 5 aromatic rings. The van der Waals surface area contributed by atoms with Crippen molar-refractivity contribution in [1.29, 1.82) is 0 Å². The normalized spacial score (nSPS) is 15.3. The summed E-state index contributed by atoms with van der Waals surface area (Å²) in [6.45, 7) is 3.83. The summed E-state index contributed by atoms with van der Waals surface area (Å²) in [5.74, 6) is 4.22. The van der Waals surface area contributed by atoms with Gasteiger partial charge in [-0.3, -0.25) is 14.6 Å². The van der Waals surface area contributed by atoms with Gasteiger partial charge in [0.2, 0.25) is 0 Å². The molecule has 0 unspecified atom stereocenters. The fourth-order valence-corrected chi connectivity index (χ4v) is 5.92. The third-order valence-corrected chi connectivity index (χ3v) is 7.92. The van der Waals surface area contributed by atoms with E-state index >= 15 is 0 Å². The molecule has 9 nitrogen and oxygen atoms in total. The van der Waals surface area contributed by atoms with Crippen LogP contribution in [0.25, 0.3) is 21.9 Å². The Hall–Kier alpha value is -4.66. The van der Waals surface area contributed by atoms with E-state index in [-0.39, 0.29) is 29.4 Å². The number of pyridine rings is 1. The average Bonchev–Trinajstić information content (AvgIpc) is 3.35. The van der Waals surface area contributed by atoms with E-state index in [1.54, 1.807) is 0 Å². The van der Waals surface area contributed by atoms with E-state index < -0.39 is 23.1 Å². The molecule has 6 rings (SSSR count). The Labute approximate surface area is 256 Å². The van der Waals surface area contributed by atoms with Crippen molar-refractivity contribution in [3.05, 3.63) is 98.3 Å². The second-order valence-electron chi connectivity index (χ2n) is 10.9. The van der Waals surface area contributed by atoms with E-state index in [2.05, 4.69) is 43.8 Å². The molecule has 1 aliphatic heterocycles. The van der Waals surface area contributed by atoms with Crippen LogP contribution in [0.5, 0.6) is 0 Å². The molecule has 1 atom stereocenters. The van der Waals surface area contributed by atoms with Crippen LogP contribution in [-0.4, -0.2) is 61.8 Å². The number of likely N-dealkylation sites (tertiary alicyclic amines) is 1. The molecule has 1 aliphatic rings. The highest BCUT2D eigenvalue weighted by molar-refractivity contribution is 6.29. The molecule has 1 amide bonds. The van der Waals surface area contributed by atoms with Crippen molar-refractivity contribution in [2.24, 2.45) is 0 Å². The van der Waals surface area contributed by atoms with Crippen molar-refractivity contribution >= 4 is 39.4 Å². The second kappa shape index (κ2) is 12.1. The summed E-state index contributed by atoms with van der Waals surface area (Å²) < 4.78 is 30.2. The van der Waals surface area contributed by atoms with Gasteiger partial charge in [0.1, 0.15) is 16.9 Å². The van der Waals surface area contributed by atoms with Crippen molar-refractivity contribution < 1.29 is 13.6 Å². The zero-order valence-corrected chi connectivity index (χ0v) is 24.8. The predicted octanol–water partition coefficient (Wildman–Crippen LogP) is 4.48. The van der Waals surface area contributed by atoms with Gasteiger partial charge in [0, 0.05) is 23.5 Å². The number of imidazole rings is 1. The Morgan fingerprint density at radius 3 is 2.77 bits per heavy atom. The number of fused-ring (bicyclic) bond motifs is 3. The van der Waals surface area contributed by atoms with Crippen LogP contribution in [0.15, 0.2) is 53.5 Å². The number of nitrogens with zero attached hydrogens (tertiary/aromatic N) is 6. The second-order valence-corrected chi connectivity index (χ2v) is 11.3. The van der Waals surface area contributed by atoms with Crippen LogP contribution in [0.3, 0.4) is 0 Å². The van der Waals surface area contributed by atoms with Gasteiger partial charge in [-0.05, 0) is 75.3 Å². The molecule has 0 radical (unpaired) electrons. The highest BCUT2D eigenvalue weighted by Gasteiger charge is 2.24. The third-order valence-electron chi connectivity index (χ3n) is 7.73. The maximum atomic E-state index is 13.6. The molecule has 1 saturated heterocycles. The SMILES string of the molecule is Cc1nc2cnc3ccc(C#CCNC(=O)c4cc(Cl)nn(Cc5ccc(F)c(F)c5)c4=O)cc3c2n1[C@H]1CCCN(C)C1. The first-order chi connectivity index (χ1) is 21.2. The summed E-state index contributed by atoms with van der Waals surface area (Å²) in [6, 6.07) is 10.5. The van der Waals surface area contributed by atoms with Gasteiger partial charge < -0.3 is 14.8 Å². The lowest BCUT2D eigenvalue weighted by Crippen LogP contribution is -2.34. The third kappa shape index (κ3) is 5.91. The van der Waals surface area contributed by atoms with Gasteiger partial charge in [0.05, 0.1) is 30.3 Å². The number of piperidine rings is 1. The molecule has 0 aliphatic carbocycles. The lowest BCUT2D eigenvalue weighted by atomic mass is 10.0. The molecular formula is C32H28ClF2N7O2. The quantitative estimate of drug-likeness (QED) is 0.293. The fraction of sp³-hybridized carbons (Fsp3) is 0.281. The lowest BCUT2D eigenvalue weighted by molar-refractivity contribution is 0.0956. The number of nitrogens with one attached hydrogen (secondary N) is 1. The van der Waals surface area contributed by atoms with E-state index in [0.29, 0.717) is 6.04 Å². The van der Waals surface area contributed by atoms with E-state index in [1.165, 1.54) is 6.07 Å². The Morgan fingerprint density at radius 2 is 1.98 bits per heavy atom. The molecule has 3 aromatic heterocycles. The minimum atomic E-state index is -1.06. The average molecular weight is 616 g/mol. The highest BCUT2D eigenvalue weighted by atomic mass is 35.5. The first-order valence-electron chi connectivity index (χ1n) is 14.1. The summed E-state index contributed by atoms with van der Waals surface area (Å²) in [6.07, 6.45) is 4.02. The van der Waals surface area contributed by atoms with Crippen LogP contribution < -0.4 is 10.9 Å². The maximum Gasteiger partial charge on any atom is 0.280 e.